The molecule has 0 spiro atoms. The molecule has 14 nitrogen and oxygen atoms in total. The second-order valence-electron chi connectivity index (χ2n) is 11.8. The van der Waals surface area contributed by atoms with Crippen LogP contribution in [0.1, 0.15) is 33.8 Å². The number of aliphatic hydroxyl groups excluding tert-OH is 1. The largest absolute Gasteiger partial charge is 0.490 e. The summed E-state index contributed by atoms with van der Waals surface area (Å²) in [5, 5.41) is 31.1. The number of imidazole rings is 1. The number of nitrogens with zero attached hydrogens (tertiary/aromatic N) is 5. The summed E-state index contributed by atoms with van der Waals surface area (Å²) in [6.07, 6.45) is -2.82. The second-order valence-corrected chi connectivity index (χ2v) is 12.3. The van der Waals surface area contributed by atoms with Gasteiger partial charge < -0.3 is 40.0 Å². The van der Waals surface area contributed by atoms with Crippen LogP contribution < -0.4 is 15.4 Å². The predicted octanol–water partition coefficient (Wildman–Crippen LogP) is 3.45. The first kappa shape index (κ1) is 40.5. The minimum absolute atomic E-state index is 0.0366. The Labute approximate surface area is 303 Å². The van der Waals surface area contributed by atoms with Gasteiger partial charge in [-0.3, -0.25) is 14.4 Å². The molecule has 4 N–H and O–H groups in total. The summed E-state index contributed by atoms with van der Waals surface area (Å²) in [4.78, 5) is 55.7. The molecule has 0 bridgehead atoms. The molecule has 2 aliphatic heterocycles. The summed E-state index contributed by atoms with van der Waals surface area (Å²) in [6.45, 7) is 1.97. The number of piperidine rings is 1. The fraction of sp³-hybridized carbons (Fsp3) is 0.394. The molecule has 5 rings (SSSR count). The van der Waals surface area contributed by atoms with Crippen molar-refractivity contribution in [1.29, 1.82) is 5.26 Å². The van der Waals surface area contributed by atoms with E-state index >= 15 is 0 Å². The van der Waals surface area contributed by atoms with Gasteiger partial charge in [0.2, 0.25) is 11.7 Å². The van der Waals surface area contributed by atoms with E-state index in [1.807, 2.05) is 0 Å². The zero-order chi connectivity index (χ0) is 39.0. The zero-order valence-electron chi connectivity index (χ0n) is 27.9. The first-order valence-electron chi connectivity index (χ1n) is 15.9. The quantitative estimate of drug-likeness (QED) is 0.247. The van der Waals surface area contributed by atoms with Gasteiger partial charge in [0.15, 0.2) is 24.0 Å². The highest BCUT2D eigenvalue weighted by molar-refractivity contribution is 6.34. The standard InChI is InChI=1S/C31H32ClF2N7O5.C2HF3O2/c1-39-24(22-4-5-25(46-13-8-35)27(34)26(22)33)15-37-28(39)29(43)38-19-2-3-21(23(32)14-19)31(45)40-10-6-18(7-11-40)30(44)41-12-9-36-20(16-41)17-42;3-2(4,5)1(6)7/h2-5,14-15,18,20,36,42H,6-7,9-13,16-17H2,1H3,(H,38,43);(H,6,7)/t20-;/m0./s1. The summed E-state index contributed by atoms with van der Waals surface area (Å²) in [5.41, 5.74) is 0.500. The molecule has 2 aromatic carbocycles. The van der Waals surface area contributed by atoms with Crippen molar-refractivity contribution < 1.29 is 56.1 Å². The van der Waals surface area contributed by atoms with Crippen LogP contribution in [0.3, 0.4) is 0 Å². The number of aromatic nitrogens is 2. The zero-order valence-corrected chi connectivity index (χ0v) is 28.7. The Hall–Kier alpha value is -5.32. The lowest BCUT2D eigenvalue weighted by Crippen LogP contribution is -2.56. The van der Waals surface area contributed by atoms with Crippen molar-refractivity contribution >= 4 is 41.0 Å². The first-order chi connectivity index (χ1) is 25.1. The van der Waals surface area contributed by atoms with E-state index in [-0.39, 0.29) is 63.7 Å². The molecule has 2 aliphatic rings. The maximum atomic E-state index is 14.8. The van der Waals surface area contributed by atoms with Crippen LogP contribution in [0.5, 0.6) is 5.75 Å². The lowest BCUT2D eigenvalue weighted by atomic mass is 9.94. The third-order valence-corrected chi connectivity index (χ3v) is 8.74. The minimum atomic E-state index is -5.08. The summed E-state index contributed by atoms with van der Waals surface area (Å²) >= 11 is 6.46. The monoisotopic (exact) mass is 769 g/mol. The molecule has 1 atom stereocenters. The lowest BCUT2D eigenvalue weighted by molar-refractivity contribution is -0.192. The number of carbonyl (C=O) groups is 4. The molecule has 2 saturated heterocycles. The summed E-state index contributed by atoms with van der Waals surface area (Å²) in [6, 6.07) is 8.46. The van der Waals surface area contributed by atoms with E-state index in [0.29, 0.717) is 45.6 Å². The van der Waals surface area contributed by atoms with Crippen molar-refractivity contribution in [2.24, 2.45) is 13.0 Å². The number of halogens is 6. The molecule has 1 aromatic heterocycles. The summed E-state index contributed by atoms with van der Waals surface area (Å²) in [5.74, 6) is -6.85. The van der Waals surface area contributed by atoms with Gasteiger partial charge in [-0.25, -0.2) is 14.2 Å². The first-order valence-corrected chi connectivity index (χ1v) is 16.3. The number of hydrogen-bond donors (Lipinski definition) is 4. The van der Waals surface area contributed by atoms with Crippen LogP contribution in [-0.2, 0) is 16.6 Å². The van der Waals surface area contributed by atoms with Gasteiger partial charge >= 0.3 is 12.1 Å². The minimum Gasteiger partial charge on any atom is -0.476 e. The molecule has 0 saturated carbocycles. The van der Waals surface area contributed by atoms with Gasteiger partial charge in [-0.15, -0.1) is 0 Å². The number of rotatable bonds is 8. The second kappa shape index (κ2) is 17.5. The van der Waals surface area contributed by atoms with Crippen molar-refractivity contribution in [3.63, 3.8) is 0 Å². The summed E-state index contributed by atoms with van der Waals surface area (Å²) < 4.78 is 67.2. The Morgan fingerprint density at radius 3 is 2.38 bits per heavy atom. The number of aliphatic hydroxyl groups is 1. The molecule has 284 valence electrons. The maximum absolute atomic E-state index is 14.8. The van der Waals surface area contributed by atoms with E-state index < -0.39 is 42.0 Å². The Balaban J connectivity index is 0.000000815. The maximum Gasteiger partial charge on any atom is 0.490 e. The number of carboxylic acids is 1. The van der Waals surface area contributed by atoms with Crippen molar-refractivity contribution in [1.82, 2.24) is 24.7 Å². The van der Waals surface area contributed by atoms with E-state index in [1.165, 1.54) is 48.1 Å². The Morgan fingerprint density at radius 1 is 1.09 bits per heavy atom. The van der Waals surface area contributed by atoms with Gasteiger partial charge in [0.05, 0.1) is 29.1 Å². The predicted molar refractivity (Wildman–Crippen MR) is 177 cm³/mol. The van der Waals surface area contributed by atoms with Gasteiger partial charge in [-0.2, -0.15) is 22.8 Å². The molecule has 20 heteroatoms. The Morgan fingerprint density at radius 2 is 1.77 bits per heavy atom. The highest BCUT2D eigenvalue weighted by Crippen LogP contribution is 2.31. The van der Waals surface area contributed by atoms with E-state index in [2.05, 4.69) is 15.6 Å². The van der Waals surface area contributed by atoms with Gasteiger partial charge in [-0.1, -0.05) is 11.6 Å². The SMILES string of the molecule is Cn1c(-c2ccc(OCC#N)c(F)c2F)cnc1C(=O)Nc1ccc(C(=O)N2CCC(C(=O)N3CCN[C@H](CO)C3)CC2)c(Cl)c1.O=C(O)C(F)(F)F. The van der Waals surface area contributed by atoms with Crippen molar-refractivity contribution in [3.05, 3.63) is 64.6 Å². The number of piperazine rings is 1. The normalized spacial score (nSPS) is 16.2. The third kappa shape index (κ3) is 9.77. The lowest BCUT2D eigenvalue weighted by Gasteiger charge is -2.38. The van der Waals surface area contributed by atoms with Gasteiger partial charge in [0.25, 0.3) is 11.8 Å². The van der Waals surface area contributed by atoms with Crippen LogP contribution in [0, 0.1) is 28.9 Å². The number of nitriles is 1. The van der Waals surface area contributed by atoms with E-state index in [1.54, 1.807) is 15.9 Å². The van der Waals surface area contributed by atoms with Crippen molar-refractivity contribution in [2.45, 2.75) is 25.1 Å². The number of benzene rings is 2. The number of carboxylic acid groups (broad SMARTS) is 1. The molecular weight excluding hydrogens is 737 g/mol. The van der Waals surface area contributed by atoms with E-state index in [0.717, 1.165) is 0 Å². The molecule has 0 unspecified atom stereocenters. The molecule has 3 aromatic rings. The van der Waals surface area contributed by atoms with Gasteiger partial charge in [-0.05, 0) is 43.2 Å². The number of ether oxygens (including phenoxy) is 1. The molecule has 3 heterocycles. The van der Waals surface area contributed by atoms with E-state index in [9.17, 15) is 41.4 Å². The van der Waals surface area contributed by atoms with Crippen molar-refractivity contribution in [2.75, 3.05) is 51.3 Å². The molecule has 53 heavy (non-hydrogen) atoms. The van der Waals surface area contributed by atoms with Crippen LogP contribution >= 0.6 is 11.6 Å². The number of aliphatic carboxylic acids is 1. The summed E-state index contributed by atoms with van der Waals surface area (Å²) in [7, 11) is 1.47. The number of likely N-dealkylation sites (tertiary alicyclic amines) is 1. The van der Waals surface area contributed by atoms with Crippen LogP contribution in [0.4, 0.5) is 27.6 Å². The molecule has 0 aliphatic carbocycles. The molecular formula is C33H33ClF5N7O7. The highest BCUT2D eigenvalue weighted by Gasteiger charge is 2.38. The number of anilines is 1. The Bertz CT molecular complexity index is 1890. The molecule has 0 radical (unpaired) electrons. The fourth-order valence-electron chi connectivity index (χ4n) is 5.68. The Kier molecular flexibility index (Phi) is 13.3. The number of carbonyl (C=O) groups excluding carboxylic acids is 3. The van der Waals surface area contributed by atoms with E-state index in [4.69, 9.17) is 31.5 Å². The van der Waals surface area contributed by atoms with Crippen LogP contribution in [0.2, 0.25) is 5.02 Å². The number of amides is 3. The van der Waals surface area contributed by atoms with Crippen LogP contribution in [0.25, 0.3) is 11.3 Å². The molecule has 3 amide bonds. The number of hydrogen-bond acceptors (Lipinski definition) is 9. The number of alkyl halides is 3. The highest BCUT2D eigenvalue weighted by atomic mass is 35.5. The topological polar surface area (TPSA) is 190 Å². The number of nitrogens with one attached hydrogen (secondary N) is 2. The average molecular weight is 770 g/mol. The molecule has 2 fully saturated rings. The fourth-order valence-corrected chi connectivity index (χ4v) is 5.94. The van der Waals surface area contributed by atoms with Gasteiger partial charge in [0.1, 0.15) is 6.07 Å². The van der Waals surface area contributed by atoms with Gasteiger partial charge in [0, 0.05) is 63.0 Å². The van der Waals surface area contributed by atoms with Crippen LogP contribution in [-0.4, -0.2) is 111 Å². The smallest absolute Gasteiger partial charge is 0.476 e. The average Bonchev–Trinajstić information content (AvgIpc) is 3.52. The van der Waals surface area contributed by atoms with Crippen molar-refractivity contribution in [3.8, 4) is 23.1 Å². The van der Waals surface area contributed by atoms with Crippen LogP contribution in [0.15, 0.2) is 36.5 Å². The third-order valence-electron chi connectivity index (χ3n) is 8.43.